The molecule has 0 saturated heterocycles. The molecule has 0 fully saturated rings. The Morgan fingerprint density at radius 1 is 1.09 bits per heavy atom. The van der Waals surface area contributed by atoms with Crippen LogP contribution in [-0.4, -0.2) is 44.0 Å². The molecule has 1 aromatic rings. The van der Waals surface area contributed by atoms with Gasteiger partial charge < -0.3 is 46.5 Å². The summed E-state index contributed by atoms with van der Waals surface area (Å²) < 4.78 is 1.34. The molecule has 15 heteroatoms. The molecule has 134 valence electrons. The van der Waals surface area contributed by atoms with Crippen LogP contribution in [0.25, 0.3) is 0 Å². The van der Waals surface area contributed by atoms with E-state index in [-0.39, 0.29) is 48.1 Å². The summed E-state index contributed by atoms with van der Waals surface area (Å²) in [4.78, 5) is 29.7. The number of aromatic nitrogens is 2. The van der Waals surface area contributed by atoms with Gasteiger partial charge in [-0.1, -0.05) is 0 Å². The summed E-state index contributed by atoms with van der Waals surface area (Å²) in [5, 5.41) is 33.4. The molecule has 0 aromatic carbocycles. The maximum absolute atomic E-state index is 11.5. The molecule has 0 spiro atoms. The zero-order chi connectivity index (χ0) is 16.1. The second-order valence-electron chi connectivity index (χ2n) is 2.85. The number of carbonyl (C=O) groups excluding carboxylic acids is 1. The minimum absolute atomic E-state index is 0. The number of amides is 1. The number of hydrogen-bond acceptors (Lipinski definition) is 8. The van der Waals surface area contributed by atoms with E-state index < -0.39 is 10.2 Å². The Labute approximate surface area is 153 Å². The van der Waals surface area contributed by atoms with E-state index >= 15 is 0 Å². The van der Waals surface area contributed by atoms with Crippen LogP contribution in [0.3, 0.4) is 0 Å². The molecular formula is C8H13N5O9U-6. The van der Waals surface area contributed by atoms with E-state index in [1.165, 1.54) is 4.68 Å². The summed E-state index contributed by atoms with van der Waals surface area (Å²) >= 11 is 0. The van der Waals surface area contributed by atoms with Gasteiger partial charge in [-0.3, -0.25) is 0 Å². The molecule has 0 aliphatic rings. The average molecular weight is 561 g/mol. The molecule has 23 heavy (non-hydrogen) atoms. The van der Waals surface area contributed by atoms with Crippen molar-refractivity contribution >= 4 is 6.03 Å². The average Bonchev–Trinajstić information content (AvgIpc) is 2.82. The number of rotatable bonds is 2. The Morgan fingerprint density at radius 3 is 1.65 bits per heavy atom. The summed E-state index contributed by atoms with van der Waals surface area (Å²) in [5.74, 6) is 0. The molecule has 0 bridgehead atoms. The fourth-order valence-electron chi connectivity index (χ4n) is 1.02. The molecule has 1 amide bonds. The van der Waals surface area contributed by atoms with Gasteiger partial charge in [-0.2, -0.15) is 9.78 Å². The smallest absolute Gasteiger partial charge is 0.344 e. The SMILES string of the molecule is CCN(CC)C(=O)n1cccn1.O=[N+]([O-])[O-].O=[N+]([O-])[O-].[O-2].[O-2].[U]. The minimum atomic E-state index is -1.75. The van der Waals surface area contributed by atoms with Gasteiger partial charge in [0.05, 0.1) is 10.2 Å². The first-order chi connectivity index (χ1) is 9.26. The summed E-state index contributed by atoms with van der Waals surface area (Å²) in [6, 6.07) is 1.67. The Balaban J connectivity index is -0.0000000844. The van der Waals surface area contributed by atoms with E-state index in [0.29, 0.717) is 0 Å². The molecule has 1 rings (SSSR count). The van der Waals surface area contributed by atoms with Crippen molar-refractivity contribution in [1.82, 2.24) is 14.7 Å². The van der Waals surface area contributed by atoms with Gasteiger partial charge in [-0.05, 0) is 19.9 Å². The third-order valence-electron chi connectivity index (χ3n) is 1.73. The Bertz CT molecular complexity index is 392. The van der Waals surface area contributed by atoms with Crippen molar-refractivity contribution in [1.29, 1.82) is 0 Å². The summed E-state index contributed by atoms with van der Waals surface area (Å²) in [7, 11) is 0. The van der Waals surface area contributed by atoms with Gasteiger partial charge in [-0.15, -0.1) is 0 Å². The monoisotopic (exact) mass is 561 g/mol. The van der Waals surface area contributed by atoms with Gasteiger partial charge in [0.15, 0.2) is 0 Å². The molecule has 0 N–H and O–H groups in total. The standard InChI is InChI=1S/C8H13N3O.2NO3.2O.U/c1-3-10(4-2)8(12)11-7-5-6-9-11;2*2-1(3)4;;;/h5-7H,3-4H2,1-2H3;;;;;/q;2*-1;2*-2;. The molecule has 0 atom stereocenters. The Kier molecular flexibility index (Phi) is 28.6. The van der Waals surface area contributed by atoms with Gasteiger partial charge in [0.2, 0.25) is 0 Å². The van der Waals surface area contributed by atoms with E-state index in [4.69, 9.17) is 30.6 Å². The molecule has 1 heterocycles. The van der Waals surface area contributed by atoms with Crippen LogP contribution in [0.15, 0.2) is 18.5 Å². The van der Waals surface area contributed by atoms with E-state index in [2.05, 4.69) is 5.10 Å². The van der Waals surface area contributed by atoms with Crippen molar-refractivity contribution < 1.29 is 57.0 Å². The Morgan fingerprint density at radius 2 is 1.43 bits per heavy atom. The first kappa shape index (κ1) is 32.9. The van der Waals surface area contributed by atoms with Crippen LogP contribution in [0.2, 0.25) is 0 Å². The number of carbonyl (C=O) groups is 1. The van der Waals surface area contributed by atoms with Gasteiger partial charge in [0.25, 0.3) is 0 Å². The fourth-order valence-corrected chi connectivity index (χ4v) is 1.02. The molecule has 0 unspecified atom stereocenters. The largest absolute Gasteiger partial charge is 2.00 e. The van der Waals surface area contributed by atoms with Crippen molar-refractivity contribution in [2.24, 2.45) is 0 Å². The number of hydrogen-bond donors (Lipinski definition) is 0. The second kappa shape index (κ2) is 20.1. The van der Waals surface area contributed by atoms with Crippen LogP contribution in [-0.2, 0) is 11.0 Å². The van der Waals surface area contributed by atoms with Crippen molar-refractivity contribution in [2.45, 2.75) is 13.8 Å². The molecule has 0 saturated carbocycles. The first-order valence-corrected chi connectivity index (χ1v) is 5.18. The van der Waals surface area contributed by atoms with Crippen molar-refractivity contribution in [2.75, 3.05) is 13.1 Å². The van der Waals surface area contributed by atoms with Gasteiger partial charge in [-0.25, -0.2) is 4.79 Å². The van der Waals surface area contributed by atoms with E-state index in [9.17, 15) is 4.79 Å². The molecule has 14 nitrogen and oxygen atoms in total. The van der Waals surface area contributed by atoms with Crippen LogP contribution in [0.4, 0.5) is 4.79 Å². The van der Waals surface area contributed by atoms with Gasteiger partial charge in [0.1, 0.15) is 0 Å². The van der Waals surface area contributed by atoms with Crippen LogP contribution < -0.4 is 0 Å². The molecule has 0 aliphatic heterocycles. The van der Waals surface area contributed by atoms with Crippen LogP contribution >= 0.6 is 0 Å². The third-order valence-corrected chi connectivity index (χ3v) is 1.73. The first-order valence-electron chi connectivity index (χ1n) is 5.18. The van der Waals surface area contributed by atoms with Gasteiger partial charge in [0, 0.05) is 56.6 Å². The van der Waals surface area contributed by atoms with Crippen molar-refractivity contribution in [3.8, 4) is 0 Å². The Hall–Kier alpha value is -1.95. The normalized spacial score (nSPS) is 7.22. The maximum atomic E-state index is 11.5. The second-order valence-corrected chi connectivity index (χ2v) is 2.85. The van der Waals surface area contributed by atoms with Crippen molar-refractivity contribution in [3.05, 3.63) is 49.1 Å². The molecule has 0 radical (unpaired) electrons. The molecule has 0 aliphatic carbocycles. The zero-order valence-electron chi connectivity index (χ0n) is 12.1. The summed E-state index contributed by atoms with van der Waals surface area (Å²) in [6.07, 6.45) is 3.25. The fraction of sp³-hybridized carbons (Fsp3) is 0.500. The third kappa shape index (κ3) is 22.5. The van der Waals surface area contributed by atoms with E-state index in [1.807, 2.05) is 13.8 Å². The predicted molar refractivity (Wildman–Crippen MR) is 68.0 cm³/mol. The number of nitrogens with zero attached hydrogens (tertiary/aromatic N) is 5. The van der Waals surface area contributed by atoms with Crippen LogP contribution in [0, 0.1) is 61.8 Å². The predicted octanol–water partition coefficient (Wildman–Crippen LogP) is 0.477. The van der Waals surface area contributed by atoms with Gasteiger partial charge >= 0.3 is 6.03 Å². The van der Waals surface area contributed by atoms with Crippen LogP contribution in [0.1, 0.15) is 13.8 Å². The zero-order valence-corrected chi connectivity index (χ0v) is 16.2. The quantitative estimate of drug-likeness (QED) is 0.363. The van der Waals surface area contributed by atoms with Crippen molar-refractivity contribution in [3.63, 3.8) is 0 Å². The molecule has 1 aromatic heterocycles. The summed E-state index contributed by atoms with van der Waals surface area (Å²) in [6.45, 7) is 5.33. The van der Waals surface area contributed by atoms with E-state index in [0.717, 1.165) is 13.1 Å². The minimum Gasteiger partial charge on any atom is -2.00 e. The van der Waals surface area contributed by atoms with E-state index in [1.54, 1.807) is 23.4 Å². The van der Waals surface area contributed by atoms with Crippen LogP contribution in [0.5, 0.6) is 0 Å². The maximum Gasteiger partial charge on any atom is 0.344 e. The topological polar surface area (TPSA) is 228 Å². The molecular weight excluding hydrogens is 548 g/mol. The summed E-state index contributed by atoms with van der Waals surface area (Å²) in [5.41, 5.74) is 0.